The van der Waals surface area contributed by atoms with Crippen LogP contribution in [0.25, 0.3) is 11.1 Å². The Morgan fingerprint density at radius 3 is 2.15 bits per heavy atom. The molecule has 1 heterocycles. The third-order valence-corrected chi connectivity index (χ3v) is 6.50. The van der Waals surface area contributed by atoms with Gasteiger partial charge in [-0.05, 0) is 46.9 Å². The zero-order chi connectivity index (χ0) is 18.9. The van der Waals surface area contributed by atoms with Crippen molar-refractivity contribution in [3.63, 3.8) is 0 Å². The molecule has 2 aromatic carbocycles. The molecule has 1 amide bonds. The number of fused-ring (bicyclic) bond motifs is 3. The molecule has 142 valence electrons. The second-order valence-corrected chi connectivity index (χ2v) is 7.80. The smallest absolute Gasteiger partial charge is 0.409 e. The van der Waals surface area contributed by atoms with E-state index in [9.17, 15) is 9.90 Å². The predicted molar refractivity (Wildman–Crippen MR) is 106 cm³/mol. The largest absolute Gasteiger partial charge is 0.448 e. The quantitative estimate of drug-likeness (QED) is 0.872. The van der Waals surface area contributed by atoms with Gasteiger partial charge in [-0.1, -0.05) is 55.5 Å². The van der Waals surface area contributed by atoms with E-state index < -0.39 is 0 Å². The SMILES string of the molecule is CCC1(CO)CCN(C(=O)OCC2c3ccccc3-c3ccccc32)CC1. The van der Waals surface area contributed by atoms with E-state index in [-0.39, 0.29) is 24.0 Å². The van der Waals surface area contributed by atoms with Crippen molar-refractivity contribution >= 4 is 6.09 Å². The molecule has 0 saturated carbocycles. The van der Waals surface area contributed by atoms with Gasteiger partial charge in [0, 0.05) is 25.6 Å². The maximum Gasteiger partial charge on any atom is 0.409 e. The number of aliphatic hydroxyl groups is 1. The monoisotopic (exact) mass is 365 g/mol. The number of nitrogens with zero attached hydrogens (tertiary/aromatic N) is 1. The zero-order valence-corrected chi connectivity index (χ0v) is 15.9. The van der Waals surface area contributed by atoms with Crippen molar-refractivity contribution in [2.75, 3.05) is 26.3 Å². The Morgan fingerprint density at radius 2 is 1.63 bits per heavy atom. The fraction of sp³-hybridized carbons (Fsp3) is 0.435. The number of hydrogen-bond acceptors (Lipinski definition) is 3. The summed E-state index contributed by atoms with van der Waals surface area (Å²) < 4.78 is 5.74. The normalized spacial score (nSPS) is 18.1. The van der Waals surface area contributed by atoms with E-state index in [4.69, 9.17) is 4.74 Å². The number of rotatable bonds is 4. The third kappa shape index (κ3) is 3.23. The number of piperidine rings is 1. The van der Waals surface area contributed by atoms with Crippen molar-refractivity contribution in [1.82, 2.24) is 4.90 Å². The van der Waals surface area contributed by atoms with Crippen LogP contribution in [0.2, 0.25) is 0 Å². The van der Waals surface area contributed by atoms with Crippen LogP contribution in [0.15, 0.2) is 48.5 Å². The summed E-state index contributed by atoms with van der Waals surface area (Å²) in [5.74, 6) is 0.0957. The van der Waals surface area contributed by atoms with Crippen LogP contribution < -0.4 is 0 Å². The molecule has 0 spiro atoms. The summed E-state index contributed by atoms with van der Waals surface area (Å²) in [5, 5.41) is 9.66. The second-order valence-electron chi connectivity index (χ2n) is 7.80. The molecule has 27 heavy (non-hydrogen) atoms. The Labute approximate surface area is 160 Å². The first-order valence-corrected chi connectivity index (χ1v) is 9.88. The van der Waals surface area contributed by atoms with Gasteiger partial charge in [0.05, 0.1) is 0 Å². The highest BCUT2D eigenvalue weighted by molar-refractivity contribution is 5.79. The number of ether oxygens (including phenoxy) is 1. The van der Waals surface area contributed by atoms with Gasteiger partial charge in [0.2, 0.25) is 0 Å². The summed E-state index contributed by atoms with van der Waals surface area (Å²) in [5.41, 5.74) is 4.91. The zero-order valence-electron chi connectivity index (χ0n) is 15.9. The van der Waals surface area contributed by atoms with Gasteiger partial charge in [-0.25, -0.2) is 4.79 Å². The fourth-order valence-electron chi connectivity index (χ4n) is 4.47. The van der Waals surface area contributed by atoms with Crippen LogP contribution in [0.3, 0.4) is 0 Å². The molecule has 1 saturated heterocycles. The first-order valence-electron chi connectivity index (χ1n) is 9.88. The van der Waals surface area contributed by atoms with E-state index in [1.807, 2.05) is 12.1 Å². The molecule has 4 nitrogen and oxygen atoms in total. The predicted octanol–water partition coefficient (Wildman–Crippen LogP) is 4.42. The number of amides is 1. The first kappa shape index (κ1) is 18.1. The number of hydrogen-bond donors (Lipinski definition) is 1. The molecule has 1 fully saturated rings. The number of benzene rings is 2. The molecule has 0 radical (unpaired) electrons. The van der Waals surface area contributed by atoms with Crippen LogP contribution >= 0.6 is 0 Å². The summed E-state index contributed by atoms with van der Waals surface area (Å²) in [6.07, 6.45) is 2.38. The molecular weight excluding hydrogens is 338 g/mol. The lowest BCUT2D eigenvalue weighted by molar-refractivity contribution is 0.0312. The Hall–Kier alpha value is -2.33. The van der Waals surface area contributed by atoms with Gasteiger partial charge in [-0.15, -0.1) is 0 Å². The topological polar surface area (TPSA) is 49.8 Å². The van der Waals surface area contributed by atoms with E-state index in [0.29, 0.717) is 19.7 Å². The molecule has 0 aromatic heterocycles. The number of carbonyl (C=O) groups excluding carboxylic acids is 1. The Morgan fingerprint density at radius 1 is 1.07 bits per heavy atom. The average molecular weight is 365 g/mol. The lowest BCUT2D eigenvalue weighted by Gasteiger charge is -2.39. The van der Waals surface area contributed by atoms with Crippen molar-refractivity contribution in [2.45, 2.75) is 32.1 Å². The van der Waals surface area contributed by atoms with Gasteiger partial charge in [0.15, 0.2) is 0 Å². The van der Waals surface area contributed by atoms with Crippen LogP contribution in [-0.2, 0) is 4.74 Å². The molecule has 1 aliphatic heterocycles. The molecule has 2 aliphatic rings. The minimum atomic E-state index is -0.237. The highest BCUT2D eigenvalue weighted by Gasteiger charge is 2.35. The summed E-state index contributed by atoms with van der Waals surface area (Å²) in [7, 11) is 0. The molecule has 2 aromatic rings. The van der Waals surface area contributed by atoms with Gasteiger partial charge in [-0.2, -0.15) is 0 Å². The Bertz CT molecular complexity index is 772. The molecule has 1 N–H and O–H groups in total. The Balaban J connectivity index is 1.43. The molecule has 0 atom stereocenters. The average Bonchev–Trinajstić information content (AvgIpc) is 3.06. The maximum atomic E-state index is 12.6. The molecule has 0 unspecified atom stereocenters. The van der Waals surface area contributed by atoms with Crippen molar-refractivity contribution < 1.29 is 14.6 Å². The van der Waals surface area contributed by atoms with Gasteiger partial charge in [0.25, 0.3) is 0 Å². The van der Waals surface area contributed by atoms with Crippen LogP contribution in [0.4, 0.5) is 4.79 Å². The fourth-order valence-corrected chi connectivity index (χ4v) is 4.47. The third-order valence-electron chi connectivity index (χ3n) is 6.50. The number of aliphatic hydroxyl groups excluding tert-OH is 1. The van der Waals surface area contributed by atoms with Crippen LogP contribution in [0.5, 0.6) is 0 Å². The standard InChI is InChI=1S/C23H27NO3/c1-2-23(16-25)11-13-24(14-12-23)22(26)27-15-21-19-9-5-3-7-17(19)18-8-4-6-10-20(18)21/h3-10,21,25H,2,11-16H2,1H3. The van der Waals surface area contributed by atoms with E-state index >= 15 is 0 Å². The van der Waals surface area contributed by atoms with E-state index in [2.05, 4.69) is 43.3 Å². The molecule has 4 rings (SSSR count). The lowest BCUT2D eigenvalue weighted by Crippen LogP contribution is -2.44. The minimum absolute atomic E-state index is 0.0277. The van der Waals surface area contributed by atoms with Gasteiger partial charge in [-0.3, -0.25) is 0 Å². The van der Waals surface area contributed by atoms with Crippen molar-refractivity contribution in [3.8, 4) is 11.1 Å². The summed E-state index contributed by atoms with van der Waals surface area (Å²) in [4.78, 5) is 14.4. The number of likely N-dealkylation sites (tertiary alicyclic amines) is 1. The van der Waals surface area contributed by atoms with Gasteiger partial charge >= 0.3 is 6.09 Å². The van der Waals surface area contributed by atoms with Crippen LogP contribution in [-0.4, -0.2) is 42.4 Å². The summed E-state index contributed by atoms with van der Waals surface area (Å²) >= 11 is 0. The van der Waals surface area contributed by atoms with E-state index in [0.717, 1.165) is 19.3 Å². The van der Waals surface area contributed by atoms with Gasteiger partial charge < -0.3 is 14.7 Å². The van der Waals surface area contributed by atoms with Crippen molar-refractivity contribution in [3.05, 3.63) is 59.7 Å². The molecule has 4 heteroatoms. The van der Waals surface area contributed by atoms with Crippen molar-refractivity contribution in [1.29, 1.82) is 0 Å². The van der Waals surface area contributed by atoms with Gasteiger partial charge in [0.1, 0.15) is 6.61 Å². The summed E-state index contributed by atoms with van der Waals surface area (Å²) in [6.45, 7) is 3.99. The molecule has 1 aliphatic carbocycles. The summed E-state index contributed by atoms with van der Waals surface area (Å²) in [6, 6.07) is 16.7. The lowest BCUT2D eigenvalue weighted by atomic mass is 9.77. The maximum absolute atomic E-state index is 12.6. The van der Waals surface area contributed by atoms with E-state index in [1.54, 1.807) is 4.90 Å². The second kappa shape index (κ2) is 7.35. The van der Waals surface area contributed by atoms with E-state index in [1.165, 1.54) is 22.3 Å². The molecular formula is C23H27NO3. The Kier molecular flexibility index (Phi) is 4.92. The van der Waals surface area contributed by atoms with Crippen LogP contribution in [0, 0.1) is 5.41 Å². The van der Waals surface area contributed by atoms with Crippen molar-refractivity contribution in [2.24, 2.45) is 5.41 Å². The minimum Gasteiger partial charge on any atom is -0.448 e. The highest BCUT2D eigenvalue weighted by atomic mass is 16.6. The van der Waals surface area contributed by atoms with Crippen LogP contribution in [0.1, 0.15) is 43.2 Å². The molecule has 0 bridgehead atoms. The number of carbonyl (C=O) groups is 1. The first-order chi connectivity index (χ1) is 13.2. The highest BCUT2D eigenvalue weighted by Crippen LogP contribution is 2.44.